The number of hydrogen-bond donors (Lipinski definition) is 2. The minimum absolute atomic E-state index is 0.225. The zero-order valence-corrected chi connectivity index (χ0v) is 14.1. The SMILES string of the molecule is CNCc1cc(Br)cc(S(=O)(=O)NCCN(C)C)c1F. The van der Waals surface area contributed by atoms with Gasteiger partial charge in [0.2, 0.25) is 10.0 Å². The van der Waals surface area contributed by atoms with Crippen LogP contribution < -0.4 is 10.0 Å². The van der Waals surface area contributed by atoms with E-state index in [1.165, 1.54) is 6.07 Å². The van der Waals surface area contributed by atoms with Crippen LogP contribution in [-0.2, 0) is 16.6 Å². The van der Waals surface area contributed by atoms with Gasteiger partial charge in [0.05, 0.1) is 0 Å². The summed E-state index contributed by atoms with van der Waals surface area (Å²) in [6.07, 6.45) is 0. The smallest absolute Gasteiger partial charge is 0.243 e. The molecule has 0 aliphatic heterocycles. The fraction of sp³-hybridized carbons (Fsp3) is 0.500. The number of likely N-dealkylation sites (N-methyl/N-ethyl adjacent to an activating group) is 1. The Morgan fingerprint density at radius 3 is 2.55 bits per heavy atom. The van der Waals surface area contributed by atoms with Gasteiger partial charge in [0.15, 0.2) is 0 Å². The zero-order chi connectivity index (χ0) is 15.3. The average Bonchev–Trinajstić information content (AvgIpc) is 2.32. The van der Waals surface area contributed by atoms with E-state index in [0.717, 1.165) is 0 Å². The van der Waals surface area contributed by atoms with Crippen LogP contribution in [0, 0.1) is 5.82 Å². The van der Waals surface area contributed by atoms with Crippen molar-refractivity contribution in [1.29, 1.82) is 0 Å². The second-order valence-electron chi connectivity index (χ2n) is 4.61. The molecule has 8 heteroatoms. The van der Waals surface area contributed by atoms with Crippen LogP contribution in [0.15, 0.2) is 21.5 Å². The van der Waals surface area contributed by atoms with E-state index in [0.29, 0.717) is 16.6 Å². The van der Waals surface area contributed by atoms with E-state index in [9.17, 15) is 12.8 Å². The Hall–Kier alpha value is -0.540. The van der Waals surface area contributed by atoms with E-state index in [1.807, 2.05) is 19.0 Å². The molecule has 0 atom stereocenters. The Labute approximate surface area is 127 Å². The van der Waals surface area contributed by atoms with Crippen molar-refractivity contribution in [2.75, 3.05) is 34.2 Å². The molecule has 1 rings (SSSR count). The molecule has 0 radical (unpaired) electrons. The molecule has 5 nitrogen and oxygen atoms in total. The molecular formula is C12H19BrFN3O2S. The van der Waals surface area contributed by atoms with Gasteiger partial charge in [-0.2, -0.15) is 0 Å². The monoisotopic (exact) mass is 367 g/mol. The van der Waals surface area contributed by atoms with Gasteiger partial charge in [0.1, 0.15) is 10.7 Å². The molecule has 0 saturated heterocycles. The fourth-order valence-corrected chi connectivity index (χ4v) is 3.44. The molecule has 1 aromatic rings. The molecule has 0 saturated carbocycles. The van der Waals surface area contributed by atoms with E-state index in [-0.39, 0.29) is 18.0 Å². The van der Waals surface area contributed by atoms with Crippen LogP contribution in [-0.4, -0.2) is 47.6 Å². The maximum atomic E-state index is 14.2. The summed E-state index contributed by atoms with van der Waals surface area (Å²) in [7, 11) is 1.48. The maximum Gasteiger partial charge on any atom is 0.243 e. The molecule has 114 valence electrons. The highest BCUT2D eigenvalue weighted by Gasteiger charge is 2.21. The average molecular weight is 368 g/mol. The summed E-state index contributed by atoms with van der Waals surface area (Å²) in [5.41, 5.74) is 0.301. The van der Waals surface area contributed by atoms with Gasteiger partial charge in [0.25, 0.3) is 0 Å². The van der Waals surface area contributed by atoms with E-state index in [2.05, 4.69) is 26.0 Å². The third-order valence-corrected chi connectivity index (χ3v) is 4.51. The second kappa shape index (κ2) is 7.46. The summed E-state index contributed by atoms with van der Waals surface area (Å²) < 4.78 is 41.4. The first-order valence-corrected chi connectivity index (χ1v) is 8.32. The molecule has 2 N–H and O–H groups in total. The van der Waals surface area contributed by atoms with Crippen LogP contribution in [0.4, 0.5) is 4.39 Å². The summed E-state index contributed by atoms with van der Waals surface area (Å²) in [4.78, 5) is 1.50. The highest BCUT2D eigenvalue weighted by atomic mass is 79.9. The summed E-state index contributed by atoms with van der Waals surface area (Å²) in [5.74, 6) is -0.722. The Balaban J connectivity index is 3.05. The summed E-state index contributed by atoms with van der Waals surface area (Å²) in [6, 6.07) is 2.83. The first-order valence-electron chi connectivity index (χ1n) is 6.05. The minimum Gasteiger partial charge on any atom is -0.316 e. The highest BCUT2D eigenvalue weighted by Crippen LogP contribution is 2.24. The van der Waals surface area contributed by atoms with Crippen LogP contribution >= 0.6 is 15.9 Å². The van der Waals surface area contributed by atoms with Gasteiger partial charge in [0, 0.05) is 29.7 Å². The lowest BCUT2D eigenvalue weighted by molar-refractivity contribution is 0.412. The Morgan fingerprint density at radius 2 is 2.00 bits per heavy atom. The zero-order valence-electron chi connectivity index (χ0n) is 11.7. The van der Waals surface area contributed by atoms with Crippen molar-refractivity contribution in [3.63, 3.8) is 0 Å². The lowest BCUT2D eigenvalue weighted by Crippen LogP contribution is -2.32. The van der Waals surface area contributed by atoms with Gasteiger partial charge in [-0.1, -0.05) is 15.9 Å². The summed E-state index contributed by atoms with van der Waals surface area (Å²) >= 11 is 3.21. The van der Waals surface area contributed by atoms with Gasteiger partial charge in [-0.25, -0.2) is 17.5 Å². The van der Waals surface area contributed by atoms with Gasteiger partial charge in [-0.05, 0) is 33.3 Å². The Morgan fingerprint density at radius 1 is 1.35 bits per heavy atom. The molecule has 0 aliphatic rings. The molecule has 0 aromatic heterocycles. The second-order valence-corrected chi connectivity index (χ2v) is 7.26. The molecule has 0 aliphatic carbocycles. The van der Waals surface area contributed by atoms with Gasteiger partial charge in [-0.3, -0.25) is 0 Å². The van der Waals surface area contributed by atoms with Crippen molar-refractivity contribution in [3.8, 4) is 0 Å². The van der Waals surface area contributed by atoms with E-state index < -0.39 is 15.8 Å². The van der Waals surface area contributed by atoms with Crippen molar-refractivity contribution in [1.82, 2.24) is 14.9 Å². The predicted octanol–water partition coefficient (Wildman–Crippen LogP) is 1.15. The van der Waals surface area contributed by atoms with Crippen molar-refractivity contribution < 1.29 is 12.8 Å². The Bertz CT molecular complexity index is 564. The molecule has 0 fully saturated rings. The van der Waals surface area contributed by atoms with Crippen molar-refractivity contribution in [2.45, 2.75) is 11.4 Å². The van der Waals surface area contributed by atoms with Gasteiger partial charge in [-0.15, -0.1) is 0 Å². The quantitative estimate of drug-likeness (QED) is 0.758. The van der Waals surface area contributed by atoms with Crippen molar-refractivity contribution in [3.05, 3.63) is 28.0 Å². The Kier molecular flexibility index (Phi) is 6.53. The van der Waals surface area contributed by atoms with Gasteiger partial charge >= 0.3 is 0 Å². The van der Waals surface area contributed by atoms with Crippen LogP contribution in [0.1, 0.15) is 5.56 Å². The van der Waals surface area contributed by atoms with Gasteiger partial charge < -0.3 is 10.2 Å². The highest BCUT2D eigenvalue weighted by molar-refractivity contribution is 9.10. The number of hydrogen-bond acceptors (Lipinski definition) is 4. The number of halogens is 2. The van der Waals surface area contributed by atoms with Crippen LogP contribution in [0.25, 0.3) is 0 Å². The minimum atomic E-state index is -3.86. The predicted molar refractivity (Wildman–Crippen MR) is 80.6 cm³/mol. The molecule has 0 spiro atoms. The standard InChI is InChI=1S/C12H19BrFN3O2S/c1-15-8-9-6-10(13)7-11(12(9)14)20(18,19)16-4-5-17(2)3/h6-7,15-16H,4-5,8H2,1-3H3. The first kappa shape index (κ1) is 17.5. The van der Waals surface area contributed by atoms with E-state index >= 15 is 0 Å². The molecule has 1 aromatic carbocycles. The molecule has 0 amide bonds. The number of nitrogens with one attached hydrogen (secondary N) is 2. The largest absolute Gasteiger partial charge is 0.316 e. The fourth-order valence-electron chi connectivity index (χ4n) is 1.61. The molecular weight excluding hydrogens is 349 g/mol. The number of sulfonamides is 1. The number of nitrogens with zero attached hydrogens (tertiary/aromatic N) is 1. The van der Waals surface area contributed by atoms with Crippen LogP contribution in [0.5, 0.6) is 0 Å². The molecule has 0 bridgehead atoms. The van der Waals surface area contributed by atoms with E-state index in [1.54, 1.807) is 13.1 Å². The molecule has 0 heterocycles. The van der Waals surface area contributed by atoms with Crippen molar-refractivity contribution >= 4 is 26.0 Å². The lowest BCUT2D eigenvalue weighted by Gasteiger charge is -2.13. The lowest BCUT2D eigenvalue weighted by atomic mass is 10.2. The van der Waals surface area contributed by atoms with Crippen LogP contribution in [0.2, 0.25) is 0 Å². The third kappa shape index (κ3) is 4.78. The normalized spacial score (nSPS) is 12.1. The molecule has 0 unspecified atom stereocenters. The maximum absolute atomic E-state index is 14.2. The summed E-state index contributed by atoms with van der Waals surface area (Å²) in [5, 5.41) is 2.81. The van der Waals surface area contributed by atoms with Crippen molar-refractivity contribution in [2.24, 2.45) is 0 Å². The number of benzene rings is 1. The first-order chi connectivity index (χ1) is 9.27. The van der Waals surface area contributed by atoms with Crippen LogP contribution in [0.3, 0.4) is 0 Å². The molecule has 20 heavy (non-hydrogen) atoms. The topological polar surface area (TPSA) is 61.4 Å². The third-order valence-electron chi connectivity index (χ3n) is 2.59. The number of rotatable bonds is 7. The van der Waals surface area contributed by atoms with E-state index in [4.69, 9.17) is 0 Å². The summed E-state index contributed by atoms with van der Waals surface area (Å²) in [6.45, 7) is 1.02.